The third-order valence-electron chi connectivity index (χ3n) is 2.95. The van der Waals surface area contributed by atoms with Crippen molar-refractivity contribution in [2.24, 2.45) is 0 Å². The van der Waals surface area contributed by atoms with Crippen LogP contribution < -0.4 is 4.74 Å². The fourth-order valence-electron chi connectivity index (χ4n) is 1.97. The van der Waals surface area contributed by atoms with E-state index in [4.69, 9.17) is 4.74 Å². The maximum Gasteiger partial charge on any atom is 0.429 e. The van der Waals surface area contributed by atoms with Crippen molar-refractivity contribution < 1.29 is 17.9 Å². The Morgan fingerprint density at radius 3 is 2.41 bits per heavy atom. The highest BCUT2D eigenvalue weighted by atomic mass is 19.4. The van der Waals surface area contributed by atoms with Crippen LogP contribution in [0.5, 0.6) is 5.88 Å². The minimum Gasteiger partial charge on any atom is -0.459 e. The molecule has 0 N–H and O–H groups in total. The highest BCUT2D eigenvalue weighted by Crippen LogP contribution is 2.36. The monoisotopic (exact) mass is 305 g/mol. The van der Waals surface area contributed by atoms with Crippen molar-refractivity contribution in [2.45, 2.75) is 12.3 Å². The lowest BCUT2D eigenvalue weighted by Crippen LogP contribution is -2.26. The molecule has 7 heteroatoms. The average molecular weight is 305 g/mol. The molecule has 3 aromatic rings. The van der Waals surface area contributed by atoms with Gasteiger partial charge in [-0.2, -0.15) is 13.2 Å². The molecule has 0 aliphatic heterocycles. The molecule has 1 atom stereocenters. The summed E-state index contributed by atoms with van der Waals surface area (Å²) in [7, 11) is 0. The number of alkyl halides is 3. The molecular weight excluding hydrogens is 295 g/mol. The van der Waals surface area contributed by atoms with Gasteiger partial charge in [0.15, 0.2) is 0 Å². The van der Waals surface area contributed by atoms with Gasteiger partial charge < -0.3 is 4.74 Å². The molecule has 1 unspecified atom stereocenters. The topological polar surface area (TPSA) is 47.9 Å². The molecule has 0 saturated carbocycles. The normalized spacial score (nSPS) is 13.0. The minimum atomic E-state index is -4.59. The van der Waals surface area contributed by atoms with E-state index < -0.39 is 12.3 Å². The van der Waals surface area contributed by atoms with Crippen molar-refractivity contribution in [2.75, 3.05) is 0 Å². The van der Waals surface area contributed by atoms with E-state index in [9.17, 15) is 13.2 Å². The predicted octanol–water partition coefficient (Wildman–Crippen LogP) is 3.71. The number of fused-ring (bicyclic) bond motifs is 1. The van der Waals surface area contributed by atoms with Crippen molar-refractivity contribution in [3.63, 3.8) is 0 Å². The molecule has 0 aliphatic carbocycles. The molecule has 4 nitrogen and oxygen atoms in total. The second kappa shape index (κ2) is 5.59. The molecule has 3 rings (SSSR count). The van der Waals surface area contributed by atoms with Gasteiger partial charge in [0.25, 0.3) is 0 Å². The summed E-state index contributed by atoms with van der Waals surface area (Å²) in [6.45, 7) is 0. The fourth-order valence-corrected chi connectivity index (χ4v) is 1.97. The van der Waals surface area contributed by atoms with Gasteiger partial charge in [0.1, 0.15) is 0 Å². The Labute approximate surface area is 123 Å². The van der Waals surface area contributed by atoms with Crippen molar-refractivity contribution >= 4 is 11.0 Å². The molecule has 0 bridgehead atoms. The molecule has 2 heterocycles. The second-order valence-corrected chi connectivity index (χ2v) is 4.52. The first-order valence-corrected chi connectivity index (χ1v) is 6.39. The van der Waals surface area contributed by atoms with E-state index in [1.165, 1.54) is 24.5 Å². The lowest BCUT2D eigenvalue weighted by atomic mass is 10.1. The molecule has 1 aromatic carbocycles. The van der Waals surface area contributed by atoms with Crippen LogP contribution in [0.4, 0.5) is 13.2 Å². The first kappa shape index (κ1) is 14.2. The molecule has 0 radical (unpaired) electrons. The minimum absolute atomic E-state index is 0.0926. The smallest absolute Gasteiger partial charge is 0.429 e. The van der Waals surface area contributed by atoms with Gasteiger partial charge in [0.2, 0.25) is 12.0 Å². The number of nitrogens with zero attached hydrogens (tertiary/aromatic N) is 3. The first-order chi connectivity index (χ1) is 10.5. The van der Waals surface area contributed by atoms with Gasteiger partial charge in [0.05, 0.1) is 17.2 Å². The highest BCUT2D eigenvalue weighted by molar-refractivity contribution is 5.73. The molecule has 0 saturated heterocycles. The number of hydrogen-bond acceptors (Lipinski definition) is 4. The summed E-state index contributed by atoms with van der Waals surface area (Å²) >= 11 is 0. The zero-order valence-corrected chi connectivity index (χ0v) is 11.2. The molecular formula is C15H10F3N3O. The summed E-state index contributed by atoms with van der Waals surface area (Å²) in [5.74, 6) is -0.190. The van der Waals surface area contributed by atoms with Crippen LogP contribution in [0.3, 0.4) is 0 Å². The maximum absolute atomic E-state index is 13.2. The molecule has 0 aliphatic rings. The zero-order chi connectivity index (χ0) is 15.6. The highest BCUT2D eigenvalue weighted by Gasteiger charge is 2.43. The molecule has 0 amide bonds. The van der Waals surface area contributed by atoms with E-state index in [0.717, 1.165) is 6.20 Å². The SMILES string of the molecule is FC(F)(F)C(Oc1cnc2ccccc2n1)c1cccnc1. The van der Waals surface area contributed by atoms with E-state index in [1.807, 2.05) is 0 Å². The third kappa shape index (κ3) is 2.98. The number of pyridine rings is 1. The standard InChI is InChI=1S/C15H10F3N3O/c16-15(17,18)14(10-4-3-7-19-8-10)22-13-9-20-11-5-1-2-6-12(11)21-13/h1-9,14H. The zero-order valence-electron chi connectivity index (χ0n) is 11.2. The predicted molar refractivity (Wildman–Crippen MR) is 73.2 cm³/mol. The van der Waals surface area contributed by atoms with E-state index >= 15 is 0 Å². The van der Waals surface area contributed by atoms with Crippen molar-refractivity contribution in [3.8, 4) is 5.88 Å². The van der Waals surface area contributed by atoms with Crippen molar-refractivity contribution in [3.05, 3.63) is 60.6 Å². The Bertz CT molecular complexity index is 778. The molecule has 0 spiro atoms. The van der Waals surface area contributed by atoms with E-state index in [-0.39, 0.29) is 11.4 Å². The van der Waals surface area contributed by atoms with Gasteiger partial charge in [-0.3, -0.25) is 4.98 Å². The number of ether oxygens (including phenoxy) is 1. The number of para-hydroxylation sites is 2. The Balaban J connectivity index is 1.95. The molecule has 0 fully saturated rings. The van der Waals surface area contributed by atoms with Crippen LogP contribution in [0.15, 0.2) is 55.0 Å². The van der Waals surface area contributed by atoms with Crippen LogP contribution in [0, 0.1) is 0 Å². The summed E-state index contributed by atoms with van der Waals surface area (Å²) in [4.78, 5) is 11.8. The number of hydrogen-bond donors (Lipinski definition) is 0. The van der Waals surface area contributed by atoms with Gasteiger partial charge in [-0.1, -0.05) is 18.2 Å². The number of halogens is 3. The van der Waals surface area contributed by atoms with Gasteiger partial charge in [-0.05, 0) is 18.2 Å². The molecule has 22 heavy (non-hydrogen) atoms. The van der Waals surface area contributed by atoms with Crippen LogP contribution in [0.2, 0.25) is 0 Å². The number of benzene rings is 1. The largest absolute Gasteiger partial charge is 0.459 e. The lowest BCUT2D eigenvalue weighted by Gasteiger charge is -2.21. The molecule has 2 aromatic heterocycles. The quantitative estimate of drug-likeness (QED) is 0.740. The Hall–Kier alpha value is -2.70. The summed E-state index contributed by atoms with van der Waals surface area (Å²) in [5.41, 5.74) is 0.955. The Morgan fingerprint density at radius 1 is 0.955 bits per heavy atom. The van der Waals surface area contributed by atoms with Crippen LogP contribution in [-0.4, -0.2) is 21.1 Å². The third-order valence-corrected chi connectivity index (χ3v) is 2.95. The van der Waals surface area contributed by atoms with Gasteiger partial charge in [-0.15, -0.1) is 0 Å². The summed E-state index contributed by atoms with van der Waals surface area (Å²) in [6, 6.07) is 9.59. The first-order valence-electron chi connectivity index (χ1n) is 6.39. The van der Waals surface area contributed by atoms with Crippen LogP contribution >= 0.6 is 0 Å². The number of aromatic nitrogens is 3. The Morgan fingerprint density at radius 2 is 1.73 bits per heavy atom. The van der Waals surface area contributed by atoms with Crippen LogP contribution in [-0.2, 0) is 0 Å². The average Bonchev–Trinajstić information content (AvgIpc) is 2.52. The summed E-state index contributed by atoms with van der Waals surface area (Å²) in [6.07, 6.45) is -3.04. The van der Waals surface area contributed by atoms with E-state index in [0.29, 0.717) is 11.0 Å². The fraction of sp³-hybridized carbons (Fsp3) is 0.133. The second-order valence-electron chi connectivity index (χ2n) is 4.52. The van der Waals surface area contributed by atoms with Gasteiger partial charge >= 0.3 is 6.18 Å². The van der Waals surface area contributed by atoms with Gasteiger partial charge in [0, 0.05) is 18.0 Å². The van der Waals surface area contributed by atoms with E-state index in [1.54, 1.807) is 24.3 Å². The Kier molecular flexibility index (Phi) is 3.62. The molecule has 112 valence electrons. The van der Waals surface area contributed by atoms with Crippen LogP contribution in [0.25, 0.3) is 11.0 Å². The van der Waals surface area contributed by atoms with Crippen molar-refractivity contribution in [1.29, 1.82) is 0 Å². The lowest BCUT2D eigenvalue weighted by molar-refractivity contribution is -0.198. The van der Waals surface area contributed by atoms with E-state index in [2.05, 4.69) is 15.0 Å². The maximum atomic E-state index is 13.2. The summed E-state index contributed by atoms with van der Waals surface area (Å²) < 4.78 is 44.6. The van der Waals surface area contributed by atoms with Crippen LogP contribution in [0.1, 0.15) is 11.7 Å². The van der Waals surface area contributed by atoms with Gasteiger partial charge in [-0.25, -0.2) is 9.97 Å². The summed E-state index contributed by atoms with van der Waals surface area (Å²) in [5, 5.41) is 0. The number of rotatable bonds is 3. The van der Waals surface area contributed by atoms with Crippen molar-refractivity contribution in [1.82, 2.24) is 15.0 Å².